The van der Waals surface area contributed by atoms with Gasteiger partial charge in [-0.1, -0.05) is 25.5 Å². The lowest BCUT2D eigenvalue weighted by molar-refractivity contribution is 0.151. The van der Waals surface area contributed by atoms with Crippen LogP contribution < -0.4 is 0 Å². The fraction of sp³-hybridized carbons (Fsp3) is 0.538. The van der Waals surface area contributed by atoms with Gasteiger partial charge in [-0.3, -0.25) is 0 Å². The van der Waals surface area contributed by atoms with E-state index in [9.17, 15) is 13.9 Å². The summed E-state index contributed by atoms with van der Waals surface area (Å²) in [6, 6.07) is 4.21. The molecule has 1 N–H and O–H groups in total. The molecule has 0 aliphatic rings. The first kappa shape index (κ1) is 13.1. The summed E-state index contributed by atoms with van der Waals surface area (Å²) in [6.07, 6.45) is 3.19. The van der Waals surface area contributed by atoms with E-state index in [0.717, 1.165) is 18.9 Å². The minimum Gasteiger partial charge on any atom is -0.393 e. The van der Waals surface area contributed by atoms with E-state index in [0.29, 0.717) is 24.8 Å². The van der Waals surface area contributed by atoms with Crippen LogP contribution in [0.5, 0.6) is 0 Å². The number of hydrogen-bond acceptors (Lipinski definition) is 1. The Hall–Kier alpha value is -0.960. The van der Waals surface area contributed by atoms with E-state index in [4.69, 9.17) is 0 Å². The third-order valence-corrected chi connectivity index (χ3v) is 2.64. The van der Waals surface area contributed by atoms with Crippen LogP contribution in [0.4, 0.5) is 8.78 Å². The average molecular weight is 228 g/mol. The molecule has 0 heterocycles. The van der Waals surface area contributed by atoms with Crippen molar-refractivity contribution in [3.05, 3.63) is 35.4 Å². The number of aliphatic hydroxyl groups excluding tert-OH is 1. The Bertz CT molecular complexity index is 326. The minimum atomic E-state index is -0.799. The molecular weight excluding hydrogens is 210 g/mol. The largest absolute Gasteiger partial charge is 0.393 e. The van der Waals surface area contributed by atoms with Crippen LogP contribution in [0.3, 0.4) is 0 Å². The van der Waals surface area contributed by atoms with E-state index < -0.39 is 11.6 Å². The highest BCUT2D eigenvalue weighted by Gasteiger charge is 2.08. The summed E-state index contributed by atoms with van der Waals surface area (Å²) in [5.41, 5.74) is 0.392. The zero-order chi connectivity index (χ0) is 12.0. The molecule has 0 saturated heterocycles. The van der Waals surface area contributed by atoms with E-state index in [1.165, 1.54) is 6.07 Å². The number of benzene rings is 1. The molecule has 0 amide bonds. The Morgan fingerprint density at radius 2 is 2.00 bits per heavy atom. The lowest BCUT2D eigenvalue weighted by Crippen LogP contribution is -2.06. The van der Waals surface area contributed by atoms with Crippen LogP contribution in [-0.4, -0.2) is 11.2 Å². The summed E-state index contributed by atoms with van der Waals surface area (Å²) in [5.74, 6) is -1.56. The number of rotatable bonds is 6. The summed E-state index contributed by atoms with van der Waals surface area (Å²) in [7, 11) is 0. The van der Waals surface area contributed by atoms with Gasteiger partial charge in [0, 0.05) is 0 Å². The maximum atomic E-state index is 13.2. The van der Waals surface area contributed by atoms with Gasteiger partial charge in [-0.15, -0.1) is 0 Å². The molecule has 90 valence electrons. The van der Waals surface area contributed by atoms with Gasteiger partial charge in [-0.2, -0.15) is 0 Å². The molecule has 1 nitrogen and oxygen atoms in total. The van der Waals surface area contributed by atoms with Crippen molar-refractivity contribution < 1.29 is 13.9 Å². The summed E-state index contributed by atoms with van der Waals surface area (Å²) >= 11 is 0. The topological polar surface area (TPSA) is 20.2 Å². The molecule has 1 atom stereocenters. The Kier molecular flexibility index (Phi) is 5.39. The summed E-state index contributed by atoms with van der Waals surface area (Å²) in [5, 5.41) is 9.48. The smallest absolute Gasteiger partial charge is 0.162 e. The SMILES string of the molecule is CCCC(O)CCCc1cccc(F)c1F. The molecule has 0 aliphatic carbocycles. The van der Waals surface area contributed by atoms with E-state index in [2.05, 4.69) is 0 Å². The Balaban J connectivity index is 2.40. The highest BCUT2D eigenvalue weighted by Crippen LogP contribution is 2.15. The summed E-state index contributed by atoms with van der Waals surface area (Å²) in [6.45, 7) is 2.01. The predicted molar refractivity (Wildman–Crippen MR) is 60.2 cm³/mol. The normalized spacial score (nSPS) is 12.8. The van der Waals surface area contributed by atoms with Gasteiger partial charge >= 0.3 is 0 Å². The van der Waals surface area contributed by atoms with Crippen molar-refractivity contribution >= 4 is 0 Å². The molecular formula is C13H18F2O. The zero-order valence-corrected chi connectivity index (χ0v) is 9.55. The minimum absolute atomic E-state index is 0.318. The van der Waals surface area contributed by atoms with Gasteiger partial charge in [0.15, 0.2) is 11.6 Å². The maximum Gasteiger partial charge on any atom is 0.162 e. The second-order valence-electron chi connectivity index (χ2n) is 4.05. The van der Waals surface area contributed by atoms with Crippen molar-refractivity contribution in [2.45, 2.75) is 45.1 Å². The van der Waals surface area contributed by atoms with Crippen molar-refractivity contribution in [3.8, 4) is 0 Å². The van der Waals surface area contributed by atoms with Gasteiger partial charge in [0.25, 0.3) is 0 Å². The van der Waals surface area contributed by atoms with Crippen molar-refractivity contribution in [2.24, 2.45) is 0 Å². The first-order valence-electron chi connectivity index (χ1n) is 5.76. The molecule has 1 unspecified atom stereocenters. The van der Waals surface area contributed by atoms with Gasteiger partial charge < -0.3 is 5.11 Å². The van der Waals surface area contributed by atoms with Crippen molar-refractivity contribution in [1.29, 1.82) is 0 Å². The number of hydrogen-bond donors (Lipinski definition) is 1. The third-order valence-electron chi connectivity index (χ3n) is 2.64. The molecule has 1 aromatic rings. The van der Waals surface area contributed by atoms with Crippen LogP contribution in [0.2, 0.25) is 0 Å². The van der Waals surface area contributed by atoms with Gasteiger partial charge in [0.2, 0.25) is 0 Å². The van der Waals surface area contributed by atoms with Crippen LogP contribution in [0.15, 0.2) is 18.2 Å². The first-order chi connectivity index (χ1) is 7.65. The summed E-state index contributed by atoms with van der Waals surface area (Å²) < 4.78 is 26.1. The van der Waals surface area contributed by atoms with Crippen LogP contribution in [-0.2, 0) is 6.42 Å². The average Bonchev–Trinajstić information content (AvgIpc) is 2.25. The standard InChI is InChI=1S/C13H18F2O/c1-2-5-11(16)8-3-6-10-7-4-9-12(14)13(10)15/h4,7,9,11,16H,2-3,5-6,8H2,1H3. The van der Waals surface area contributed by atoms with Gasteiger partial charge in [0.1, 0.15) is 0 Å². The van der Waals surface area contributed by atoms with E-state index in [-0.39, 0.29) is 6.10 Å². The quantitative estimate of drug-likeness (QED) is 0.790. The first-order valence-corrected chi connectivity index (χ1v) is 5.76. The second-order valence-corrected chi connectivity index (χ2v) is 4.05. The van der Waals surface area contributed by atoms with Gasteiger partial charge in [-0.05, 0) is 37.3 Å². The van der Waals surface area contributed by atoms with Crippen molar-refractivity contribution in [1.82, 2.24) is 0 Å². The molecule has 0 aromatic heterocycles. The fourth-order valence-electron chi connectivity index (χ4n) is 1.75. The number of aryl methyl sites for hydroxylation is 1. The monoisotopic (exact) mass is 228 g/mol. The Morgan fingerprint density at radius 3 is 2.69 bits per heavy atom. The lowest BCUT2D eigenvalue weighted by atomic mass is 10.0. The van der Waals surface area contributed by atoms with Crippen molar-refractivity contribution in [2.75, 3.05) is 0 Å². The molecule has 16 heavy (non-hydrogen) atoms. The van der Waals surface area contributed by atoms with Crippen molar-refractivity contribution in [3.63, 3.8) is 0 Å². The lowest BCUT2D eigenvalue weighted by Gasteiger charge is -2.09. The van der Waals surface area contributed by atoms with E-state index in [1.54, 1.807) is 6.07 Å². The summed E-state index contributed by atoms with van der Waals surface area (Å²) in [4.78, 5) is 0. The number of halogens is 2. The highest BCUT2D eigenvalue weighted by molar-refractivity contribution is 5.18. The van der Waals surface area contributed by atoms with Crippen LogP contribution in [0, 0.1) is 11.6 Å². The molecule has 0 aliphatic heterocycles. The molecule has 0 saturated carbocycles. The Labute approximate surface area is 95.1 Å². The van der Waals surface area contributed by atoms with Crippen LogP contribution >= 0.6 is 0 Å². The molecule has 0 fully saturated rings. The van der Waals surface area contributed by atoms with Crippen LogP contribution in [0.1, 0.15) is 38.2 Å². The van der Waals surface area contributed by atoms with E-state index in [1.807, 2.05) is 6.92 Å². The third kappa shape index (κ3) is 3.89. The van der Waals surface area contributed by atoms with Crippen LogP contribution in [0.25, 0.3) is 0 Å². The van der Waals surface area contributed by atoms with E-state index >= 15 is 0 Å². The van der Waals surface area contributed by atoms with Gasteiger partial charge in [-0.25, -0.2) is 8.78 Å². The molecule has 0 spiro atoms. The molecule has 0 radical (unpaired) electrons. The molecule has 1 aromatic carbocycles. The number of aliphatic hydroxyl groups is 1. The molecule has 0 bridgehead atoms. The van der Waals surface area contributed by atoms with Gasteiger partial charge in [0.05, 0.1) is 6.10 Å². The maximum absolute atomic E-state index is 13.2. The Morgan fingerprint density at radius 1 is 1.25 bits per heavy atom. The fourth-order valence-corrected chi connectivity index (χ4v) is 1.75. The highest BCUT2D eigenvalue weighted by atomic mass is 19.2. The zero-order valence-electron chi connectivity index (χ0n) is 9.55. The second kappa shape index (κ2) is 6.59. The molecule has 1 rings (SSSR count). The predicted octanol–water partition coefficient (Wildman–Crippen LogP) is 3.45. The molecule has 3 heteroatoms.